The second kappa shape index (κ2) is 6.37. The molecule has 4 N–H and O–H groups in total. The number of nitrogens with zero attached hydrogens (tertiary/aromatic N) is 2. The molecule has 1 aromatic carbocycles. The molecule has 0 atom stereocenters. The number of aryl methyl sites for hydroxylation is 1. The summed E-state index contributed by atoms with van der Waals surface area (Å²) in [6.07, 6.45) is 1.57. The zero-order valence-corrected chi connectivity index (χ0v) is 11.5. The second-order valence-corrected chi connectivity index (χ2v) is 4.85. The normalized spacial score (nSPS) is 10.8. The number of nitrogens with two attached hydrogens (primary N) is 2. The highest BCUT2D eigenvalue weighted by molar-refractivity contribution is 7.79. The van der Waals surface area contributed by atoms with Crippen molar-refractivity contribution in [2.45, 2.75) is 13.5 Å². The minimum absolute atomic E-state index is 0.524. The van der Waals surface area contributed by atoms with Gasteiger partial charge in [-0.2, -0.15) is 5.10 Å². The molecule has 0 amide bonds. The first kappa shape index (κ1) is 16.0. The fourth-order valence-electron chi connectivity index (χ4n) is 1.40. The van der Waals surface area contributed by atoms with Crippen molar-refractivity contribution in [3.63, 3.8) is 0 Å². The predicted octanol–water partition coefficient (Wildman–Crippen LogP) is 0.0662. The molecule has 0 spiro atoms. The molecule has 2 rings (SSSR count). The van der Waals surface area contributed by atoms with Crippen molar-refractivity contribution >= 4 is 21.9 Å². The number of hydrogen-bond acceptors (Lipinski definition) is 7. The summed E-state index contributed by atoms with van der Waals surface area (Å²) in [4.78, 5) is 0. The third kappa shape index (κ3) is 5.69. The van der Waals surface area contributed by atoms with Crippen LogP contribution in [-0.4, -0.2) is 27.3 Å². The third-order valence-electron chi connectivity index (χ3n) is 2.36. The van der Waals surface area contributed by atoms with Gasteiger partial charge in [-0.15, -0.1) is 0 Å². The molecule has 0 aliphatic carbocycles. The van der Waals surface area contributed by atoms with Gasteiger partial charge >= 0.3 is 0 Å². The molecule has 110 valence electrons. The van der Waals surface area contributed by atoms with Crippen LogP contribution in [0.25, 0.3) is 0 Å². The van der Waals surface area contributed by atoms with E-state index in [0.29, 0.717) is 18.1 Å². The van der Waals surface area contributed by atoms with Gasteiger partial charge in [-0.25, -0.2) is 4.68 Å². The zero-order valence-electron chi connectivity index (χ0n) is 10.7. The summed E-state index contributed by atoms with van der Waals surface area (Å²) < 4.78 is 35.8. The summed E-state index contributed by atoms with van der Waals surface area (Å²) in [7, 11) is -5.17. The highest BCUT2D eigenvalue weighted by Crippen LogP contribution is 2.14. The number of benzene rings is 1. The van der Waals surface area contributed by atoms with Crippen molar-refractivity contribution in [3.8, 4) is 0 Å². The van der Waals surface area contributed by atoms with E-state index in [0.717, 1.165) is 5.56 Å². The molecule has 1 aromatic heterocycles. The van der Waals surface area contributed by atoms with Crippen LogP contribution in [0.1, 0.15) is 11.1 Å². The maximum absolute atomic E-state index is 8.52. The Balaban J connectivity index is 0.000000347. The second-order valence-electron chi connectivity index (χ2n) is 4.04. The van der Waals surface area contributed by atoms with Crippen molar-refractivity contribution in [2.75, 3.05) is 11.5 Å². The molecule has 8 nitrogen and oxygen atoms in total. The van der Waals surface area contributed by atoms with Gasteiger partial charge in [0.2, 0.25) is 0 Å². The maximum atomic E-state index is 8.52. The van der Waals surface area contributed by atoms with E-state index in [9.17, 15) is 0 Å². The Kier molecular flexibility index (Phi) is 5.08. The van der Waals surface area contributed by atoms with E-state index < -0.39 is 10.4 Å². The molecule has 0 saturated heterocycles. The molecule has 0 bridgehead atoms. The van der Waals surface area contributed by atoms with Gasteiger partial charge in [-0.3, -0.25) is 8.42 Å². The van der Waals surface area contributed by atoms with Gasteiger partial charge in [0.15, 0.2) is 0 Å². The molecule has 0 saturated carbocycles. The van der Waals surface area contributed by atoms with E-state index in [4.69, 9.17) is 29.0 Å². The summed E-state index contributed by atoms with van der Waals surface area (Å²) in [6, 6.07) is 8.26. The van der Waals surface area contributed by atoms with Gasteiger partial charge in [0.1, 0.15) is 5.82 Å². The first-order valence-corrected chi connectivity index (χ1v) is 6.79. The Morgan fingerprint density at radius 2 is 1.70 bits per heavy atom. The van der Waals surface area contributed by atoms with Gasteiger partial charge in [0, 0.05) is 10.4 Å². The molecule has 2 aromatic rings. The van der Waals surface area contributed by atoms with E-state index in [-0.39, 0.29) is 0 Å². The lowest BCUT2D eigenvalue weighted by atomic mass is 10.1. The van der Waals surface area contributed by atoms with Crippen LogP contribution >= 0.6 is 0 Å². The van der Waals surface area contributed by atoms with E-state index in [1.807, 2.05) is 0 Å². The minimum atomic E-state index is -5.17. The van der Waals surface area contributed by atoms with Crippen LogP contribution in [0.3, 0.4) is 0 Å². The lowest BCUT2D eigenvalue weighted by Crippen LogP contribution is -2.06. The monoisotopic (exact) mass is 298 g/mol. The molecule has 1 heterocycles. The van der Waals surface area contributed by atoms with Crippen molar-refractivity contribution in [1.82, 2.24) is 9.78 Å². The Hall–Kier alpha value is -2.10. The molecule has 0 aliphatic heterocycles. The van der Waals surface area contributed by atoms with Crippen molar-refractivity contribution in [2.24, 2.45) is 0 Å². The van der Waals surface area contributed by atoms with Gasteiger partial charge in [-0.05, 0) is 12.5 Å². The SMILES string of the molecule is Cc1ccc(Cn2ncc(N)c2N)cc1.O=S(=O)([O-])[O-]. The molecule has 9 heteroatoms. The molecular weight excluding hydrogens is 284 g/mol. The average molecular weight is 298 g/mol. The standard InChI is InChI=1S/C11H14N4.H2O4S/c1-8-2-4-9(5-3-8)7-15-11(13)10(12)6-14-15;1-5(2,3)4/h2-6H,7,12-13H2,1H3;(H2,1,2,3,4)/p-2. The molecule has 0 fully saturated rings. The van der Waals surface area contributed by atoms with Crippen LogP contribution in [0.5, 0.6) is 0 Å². The van der Waals surface area contributed by atoms with Gasteiger partial charge in [-0.1, -0.05) is 29.8 Å². The number of aromatic nitrogens is 2. The van der Waals surface area contributed by atoms with Crippen LogP contribution in [-0.2, 0) is 16.9 Å². The van der Waals surface area contributed by atoms with E-state index in [1.54, 1.807) is 10.9 Å². The molecule has 0 unspecified atom stereocenters. The largest absolute Gasteiger partial charge is 0.759 e. The number of hydrogen-bond donors (Lipinski definition) is 2. The Morgan fingerprint density at radius 1 is 1.20 bits per heavy atom. The highest BCUT2D eigenvalue weighted by atomic mass is 32.3. The topological polar surface area (TPSA) is 150 Å². The van der Waals surface area contributed by atoms with Crippen molar-refractivity contribution < 1.29 is 17.5 Å². The van der Waals surface area contributed by atoms with Crippen LogP contribution in [0.2, 0.25) is 0 Å². The molecule has 20 heavy (non-hydrogen) atoms. The fraction of sp³-hybridized carbons (Fsp3) is 0.182. The van der Waals surface area contributed by atoms with Crippen LogP contribution in [0.4, 0.5) is 11.5 Å². The first-order valence-electron chi connectivity index (χ1n) is 5.46. The van der Waals surface area contributed by atoms with Crippen molar-refractivity contribution in [1.29, 1.82) is 0 Å². The Labute approximate surface area is 116 Å². The number of nitrogen functional groups attached to an aromatic ring is 2. The Morgan fingerprint density at radius 3 is 2.10 bits per heavy atom. The quantitative estimate of drug-likeness (QED) is 0.588. The highest BCUT2D eigenvalue weighted by Gasteiger charge is 2.03. The number of rotatable bonds is 2. The first-order chi connectivity index (χ1) is 9.16. The predicted molar refractivity (Wildman–Crippen MR) is 71.8 cm³/mol. The molecule has 0 aliphatic rings. The summed E-state index contributed by atoms with van der Waals surface area (Å²) in [6.45, 7) is 2.72. The fourth-order valence-corrected chi connectivity index (χ4v) is 1.40. The van der Waals surface area contributed by atoms with Gasteiger partial charge < -0.3 is 20.6 Å². The average Bonchev–Trinajstić information content (AvgIpc) is 2.62. The molecule has 0 radical (unpaired) electrons. The van der Waals surface area contributed by atoms with Crippen molar-refractivity contribution in [3.05, 3.63) is 41.6 Å². The van der Waals surface area contributed by atoms with E-state index in [2.05, 4.69) is 36.3 Å². The van der Waals surface area contributed by atoms with Gasteiger partial charge in [0.25, 0.3) is 0 Å². The lowest BCUT2D eigenvalue weighted by molar-refractivity contribution is 0.352. The summed E-state index contributed by atoms with van der Waals surface area (Å²) in [5.41, 5.74) is 14.3. The summed E-state index contributed by atoms with van der Waals surface area (Å²) in [5, 5.41) is 4.10. The van der Waals surface area contributed by atoms with Crippen LogP contribution < -0.4 is 11.5 Å². The maximum Gasteiger partial charge on any atom is 0.145 e. The van der Waals surface area contributed by atoms with Crippen LogP contribution in [0.15, 0.2) is 30.5 Å². The Bertz CT molecular complexity index is 656. The summed E-state index contributed by atoms with van der Waals surface area (Å²) >= 11 is 0. The lowest BCUT2D eigenvalue weighted by Gasteiger charge is -2.06. The van der Waals surface area contributed by atoms with E-state index >= 15 is 0 Å². The van der Waals surface area contributed by atoms with Gasteiger partial charge in [0.05, 0.1) is 18.4 Å². The minimum Gasteiger partial charge on any atom is -0.759 e. The van der Waals surface area contributed by atoms with E-state index in [1.165, 1.54) is 5.56 Å². The number of anilines is 2. The smallest absolute Gasteiger partial charge is 0.145 e. The summed E-state index contributed by atoms with van der Waals surface area (Å²) in [5.74, 6) is 0.524. The third-order valence-corrected chi connectivity index (χ3v) is 2.36. The zero-order chi connectivity index (χ0) is 15.3. The van der Waals surface area contributed by atoms with Crippen LogP contribution in [0, 0.1) is 6.92 Å². The molecular formula is C11H14N4O4S-2.